The minimum atomic E-state index is -0.671. The van der Waals surface area contributed by atoms with Crippen molar-refractivity contribution in [2.45, 2.75) is 169 Å². The van der Waals surface area contributed by atoms with Gasteiger partial charge in [0.2, 0.25) is 11.6 Å². The number of methoxy groups -OCH3 is 3. The van der Waals surface area contributed by atoms with Gasteiger partial charge in [0.25, 0.3) is 0 Å². The van der Waals surface area contributed by atoms with Gasteiger partial charge in [0.1, 0.15) is 0 Å². The molecule has 0 radical (unpaired) electrons. The van der Waals surface area contributed by atoms with Crippen LogP contribution in [-0.2, 0) is 80.9 Å². The van der Waals surface area contributed by atoms with Crippen molar-refractivity contribution in [2.24, 2.45) is 0 Å². The van der Waals surface area contributed by atoms with E-state index in [1.165, 1.54) is 13.2 Å². The first-order chi connectivity index (χ1) is 29.9. The largest absolute Gasteiger partial charge is 0.466 e. The van der Waals surface area contributed by atoms with Gasteiger partial charge in [0.15, 0.2) is 18.9 Å². The summed E-state index contributed by atoms with van der Waals surface area (Å²) in [7, 11) is 4.38. The normalized spacial score (nSPS) is 16.0. The van der Waals surface area contributed by atoms with Gasteiger partial charge >= 0.3 is 35.8 Å². The van der Waals surface area contributed by atoms with Gasteiger partial charge in [0, 0.05) is 75.9 Å². The van der Waals surface area contributed by atoms with Gasteiger partial charge in [-0.2, -0.15) is 0 Å². The number of carbonyl (C=O) groups excluding carboxylic acids is 6. The third kappa shape index (κ3) is 32.0. The molecule has 17 nitrogen and oxygen atoms in total. The minimum absolute atomic E-state index is 0.358. The lowest BCUT2D eigenvalue weighted by Crippen LogP contribution is -2.34. The van der Waals surface area contributed by atoms with Gasteiger partial charge in [-0.15, -0.1) is 0 Å². The lowest BCUT2D eigenvalue weighted by atomic mass is 10.2. The molecule has 2 fully saturated rings. The van der Waals surface area contributed by atoms with Gasteiger partial charge in [-0.1, -0.05) is 53.2 Å². The van der Waals surface area contributed by atoms with Crippen LogP contribution < -0.4 is 0 Å². The molecule has 0 aromatic heterocycles. The molecule has 2 aliphatic carbocycles. The molecule has 0 aromatic carbocycles. The second-order valence-electron chi connectivity index (χ2n) is 14.3. The first-order valence-electron chi connectivity index (χ1n) is 21.7. The van der Waals surface area contributed by atoms with Gasteiger partial charge in [-0.25, -0.2) is 28.8 Å². The highest BCUT2D eigenvalue weighted by Gasteiger charge is 2.38. The number of ether oxygens (including phenoxy) is 11. The van der Waals surface area contributed by atoms with E-state index in [4.69, 9.17) is 47.4 Å². The second kappa shape index (κ2) is 37.0. The molecule has 0 spiro atoms. The van der Waals surface area contributed by atoms with Crippen molar-refractivity contribution in [1.82, 2.24) is 0 Å². The van der Waals surface area contributed by atoms with Gasteiger partial charge in [0.05, 0.1) is 26.9 Å². The van der Waals surface area contributed by atoms with E-state index in [1.807, 2.05) is 20.8 Å². The Hall–Kier alpha value is -4.42. The maximum absolute atomic E-state index is 11.5. The van der Waals surface area contributed by atoms with Crippen LogP contribution in [0.4, 0.5) is 0 Å². The smallest absolute Gasteiger partial charge is 0.335 e. The molecule has 362 valence electrons. The molecule has 2 rings (SSSR count). The summed E-state index contributed by atoms with van der Waals surface area (Å²) in [6.45, 7) is 21.1. The van der Waals surface area contributed by atoms with Crippen LogP contribution in [0.25, 0.3) is 0 Å². The van der Waals surface area contributed by atoms with Crippen molar-refractivity contribution in [2.75, 3.05) is 41.2 Å². The first kappa shape index (κ1) is 60.7. The van der Waals surface area contributed by atoms with Crippen LogP contribution in [0.3, 0.4) is 0 Å². The minimum Gasteiger partial charge on any atom is -0.466 e. The highest BCUT2D eigenvalue weighted by molar-refractivity contribution is 5.92. The fourth-order valence-electron chi connectivity index (χ4n) is 5.24. The van der Waals surface area contributed by atoms with E-state index < -0.39 is 60.3 Å². The molecule has 0 aliphatic heterocycles. The zero-order chi connectivity index (χ0) is 48.1. The molecule has 0 heterocycles. The van der Waals surface area contributed by atoms with Gasteiger partial charge in [-0.05, 0) is 72.6 Å². The molecule has 63 heavy (non-hydrogen) atoms. The molecule has 0 aromatic rings. The Morgan fingerprint density at radius 2 is 0.857 bits per heavy atom. The Balaban J connectivity index is 0. The number of rotatable bonds is 25. The van der Waals surface area contributed by atoms with E-state index in [2.05, 4.69) is 17.9 Å². The van der Waals surface area contributed by atoms with E-state index in [0.717, 1.165) is 114 Å². The van der Waals surface area contributed by atoms with Gasteiger partial charge < -0.3 is 52.1 Å². The molecule has 3 unspecified atom stereocenters. The molecule has 0 saturated heterocycles. The molecule has 2 saturated carbocycles. The van der Waals surface area contributed by atoms with E-state index in [-0.39, 0.29) is 5.97 Å². The summed E-state index contributed by atoms with van der Waals surface area (Å²) in [5.74, 6) is -4.63. The summed E-state index contributed by atoms with van der Waals surface area (Å²) in [4.78, 5) is 66.9. The summed E-state index contributed by atoms with van der Waals surface area (Å²) < 4.78 is 55.6. The zero-order valence-electron chi connectivity index (χ0n) is 39.5. The number of hydrogen-bond acceptors (Lipinski definition) is 17. The average molecular weight is 901 g/mol. The average Bonchev–Trinajstić information content (AvgIpc) is 3.93. The van der Waals surface area contributed by atoms with E-state index in [9.17, 15) is 28.8 Å². The van der Waals surface area contributed by atoms with E-state index in [1.54, 1.807) is 41.9 Å². The number of carbonyl (C=O) groups is 6. The van der Waals surface area contributed by atoms with Crippen LogP contribution in [0.15, 0.2) is 49.1 Å². The summed E-state index contributed by atoms with van der Waals surface area (Å²) in [6.07, 6.45) is 16.4. The Morgan fingerprint density at radius 3 is 1.13 bits per heavy atom. The Bertz CT molecular complexity index is 1360. The van der Waals surface area contributed by atoms with Crippen LogP contribution in [0, 0.1) is 0 Å². The van der Waals surface area contributed by atoms with Crippen molar-refractivity contribution in [1.29, 1.82) is 0 Å². The maximum Gasteiger partial charge on any atom is 0.335 e. The molecular formula is C46H76O17. The fourth-order valence-corrected chi connectivity index (χ4v) is 5.24. The van der Waals surface area contributed by atoms with E-state index in [0.29, 0.717) is 25.4 Å². The monoisotopic (exact) mass is 901 g/mol. The third-order valence-electron chi connectivity index (χ3n) is 8.87. The Morgan fingerprint density at radius 1 is 0.540 bits per heavy atom. The number of unbranched alkanes of at least 4 members (excludes halogenated alkanes) is 3. The lowest BCUT2D eigenvalue weighted by Gasteiger charge is -2.27. The van der Waals surface area contributed by atoms with Gasteiger partial charge in [-0.3, -0.25) is 0 Å². The quantitative estimate of drug-likeness (QED) is 0.0280. The van der Waals surface area contributed by atoms with Crippen molar-refractivity contribution in [3.05, 3.63) is 49.1 Å². The van der Waals surface area contributed by atoms with Crippen LogP contribution in [0.2, 0.25) is 0 Å². The predicted octanol–water partition coefficient (Wildman–Crippen LogP) is 8.03. The van der Waals surface area contributed by atoms with E-state index >= 15 is 0 Å². The summed E-state index contributed by atoms with van der Waals surface area (Å²) >= 11 is 0. The number of esters is 6. The molecule has 2 aliphatic rings. The molecule has 0 N–H and O–H groups in total. The topological polar surface area (TPSA) is 204 Å². The summed E-state index contributed by atoms with van der Waals surface area (Å²) in [5.41, 5.74) is 0.420. The number of hydrogen-bond donors (Lipinski definition) is 0. The molecular weight excluding hydrogens is 824 g/mol. The maximum atomic E-state index is 11.5. The molecule has 0 bridgehead atoms. The summed E-state index contributed by atoms with van der Waals surface area (Å²) in [5, 5.41) is 0. The van der Waals surface area contributed by atoms with Crippen molar-refractivity contribution < 1.29 is 80.9 Å². The summed E-state index contributed by atoms with van der Waals surface area (Å²) in [6, 6.07) is 0. The van der Waals surface area contributed by atoms with Crippen LogP contribution in [0.1, 0.15) is 138 Å². The molecule has 0 amide bonds. The zero-order valence-corrected chi connectivity index (χ0v) is 39.5. The van der Waals surface area contributed by atoms with Crippen molar-refractivity contribution >= 4 is 35.8 Å². The standard InChI is InChI=1S/C16H28O6.C11H18O5.C10H16O3.C9H14O3/c1-5-7-11-19-13(3)21-15(17)9-10-16(18)22-14(4)20-12-8-6-2;1-4-5-8-15-9(2)16-11(13)7-6-10(12)14-3;1-8(2)9(11)13-10(12-3)6-4-5-7-10;1-3-8(10)12-9(11-2)6-4-5-7-9/h9-10,13-14H,5-8,11-12H2,1-4H3;6-7,9H,4-5,8H2,1-3H3;1,4-7H2,2-3H3;3H,1,4-7H2,2H3/b10-9-;7-6-;;. The van der Waals surface area contributed by atoms with Crippen molar-refractivity contribution in [3.63, 3.8) is 0 Å². The third-order valence-corrected chi connectivity index (χ3v) is 8.87. The van der Waals surface area contributed by atoms with Crippen molar-refractivity contribution in [3.8, 4) is 0 Å². The van der Waals surface area contributed by atoms with Crippen LogP contribution >= 0.6 is 0 Å². The van der Waals surface area contributed by atoms with Crippen LogP contribution in [-0.4, -0.2) is 107 Å². The molecule has 17 heteroatoms. The Kier molecular flexibility index (Phi) is 35.6. The van der Waals surface area contributed by atoms with Crippen LogP contribution in [0.5, 0.6) is 0 Å². The second-order valence-corrected chi connectivity index (χ2v) is 14.3. The predicted molar refractivity (Wildman–Crippen MR) is 233 cm³/mol. The highest BCUT2D eigenvalue weighted by Crippen LogP contribution is 2.35. The lowest BCUT2D eigenvalue weighted by molar-refractivity contribution is -0.215. The molecule has 3 atom stereocenters. The first-order valence-corrected chi connectivity index (χ1v) is 21.7. The Labute approximate surface area is 375 Å². The fraction of sp³-hybridized carbons (Fsp3) is 0.696. The highest BCUT2D eigenvalue weighted by atomic mass is 16.7. The SMILES string of the molecule is C=C(C)C(=O)OC1(OC)CCCC1.C=CC(=O)OC1(OC)CCCC1.CCCCOC(C)OC(=O)/C=C\C(=O)OC.CCCCOC(C)OC(=O)/C=C\C(=O)OC(C)OCCCC.